The van der Waals surface area contributed by atoms with E-state index in [0.29, 0.717) is 5.41 Å². The van der Waals surface area contributed by atoms with Gasteiger partial charge in [0.2, 0.25) is 0 Å². The first-order valence-corrected chi connectivity index (χ1v) is 5.53. The standard InChI is InChI=1S/C12H26N2/c1-6-8-14(9-7-2)11-12(3,4)10-13-5/h6,13H,1,7-11H2,2-5H3. The van der Waals surface area contributed by atoms with E-state index in [-0.39, 0.29) is 0 Å². The molecule has 2 heteroatoms. The largest absolute Gasteiger partial charge is 0.319 e. The van der Waals surface area contributed by atoms with Crippen LogP contribution < -0.4 is 5.32 Å². The van der Waals surface area contributed by atoms with Crippen LogP contribution in [-0.4, -0.2) is 38.1 Å². The Kier molecular flexibility index (Phi) is 6.85. The van der Waals surface area contributed by atoms with Gasteiger partial charge in [0.1, 0.15) is 0 Å². The minimum atomic E-state index is 0.340. The molecular weight excluding hydrogens is 172 g/mol. The molecule has 0 amide bonds. The van der Waals surface area contributed by atoms with Gasteiger partial charge in [0.25, 0.3) is 0 Å². The van der Waals surface area contributed by atoms with Gasteiger partial charge in [0.15, 0.2) is 0 Å². The topological polar surface area (TPSA) is 15.3 Å². The van der Waals surface area contributed by atoms with Crippen molar-refractivity contribution in [3.63, 3.8) is 0 Å². The molecule has 0 radical (unpaired) electrons. The highest BCUT2D eigenvalue weighted by atomic mass is 15.1. The van der Waals surface area contributed by atoms with Gasteiger partial charge in [-0.05, 0) is 25.4 Å². The third kappa shape index (κ3) is 6.17. The van der Waals surface area contributed by atoms with Gasteiger partial charge in [-0.15, -0.1) is 6.58 Å². The van der Waals surface area contributed by atoms with Crippen molar-refractivity contribution in [2.45, 2.75) is 27.2 Å². The SMILES string of the molecule is C=CCN(CCC)CC(C)(C)CNC. The molecule has 2 nitrogen and oxygen atoms in total. The van der Waals surface area contributed by atoms with Gasteiger partial charge in [0.05, 0.1) is 0 Å². The van der Waals surface area contributed by atoms with Crippen molar-refractivity contribution in [3.8, 4) is 0 Å². The van der Waals surface area contributed by atoms with Crippen molar-refractivity contribution < 1.29 is 0 Å². The van der Waals surface area contributed by atoms with Crippen LogP contribution >= 0.6 is 0 Å². The Morgan fingerprint density at radius 2 is 2.07 bits per heavy atom. The second-order valence-corrected chi connectivity index (χ2v) is 4.72. The molecule has 0 aliphatic rings. The van der Waals surface area contributed by atoms with Gasteiger partial charge in [0, 0.05) is 19.6 Å². The summed E-state index contributed by atoms with van der Waals surface area (Å²) in [5.41, 5.74) is 0.340. The zero-order valence-corrected chi connectivity index (χ0v) is 10.3. The molecule has 0 spiro atoms. The molecule has 0 bridgehead atoms. The van der Waals surface area contributed by atoms with Gasteiger partial charge in [-0.25, -0.2) is 0 Å². The molecule has 0 unspecified atom stereocenters. The monoisotopic (exact) mass is 198 g/mol. The lowest BCUT2D eigenvalue weighted by Gasteiger charge is -2.31. The lowest BCUT2D eigenvalue weighted by atomic mass is 9.92. The van der Waals surface area contributed by atoms with Crippen LogP contribution in [0.15, 0.2) is 12.7 Å². The third-order valence-electron chi connectivity index (χ3n) is 2.23. The number of nitrogens with zero attached hydrogens (tertiary/aromatic N) is 1. The quantitative estimate of drug-likeness (QED) is 0.601. The first-order chi connectivity index (χ1) is 6.55. The molecule has 1 N–H and O–H groups in total. The summed E-state index contributed by atoms with van der Waals surface area (Å²) in [6.45, 7) is 15.0. The molecule has 0 aliphatic carbocycles. The summed E-state index contributed by atoms with van der Waals surface area (Å²) in [6, 6.07) is 0. The van der Waals surface area contributed by atoms with Gasteiger partial charge in [-0.3, -0.25) is 4.90 Å². The molecule has 0 saturated carbocycles. The van der Waals surface area contributed by atoms with E-state index in [0.717, 1.165) is 19.6 Å². The number of nitrogens with one attached hydrogen (secondary N) is 1. The van der Waals surface area contributed by atoms with Crippen LogP contribution in [0.3, 0.4) is 0 Å². The Bertz CT molecular complexity index is 152. The Hall–Kier alpha value is -0.340. The van der Waals surface area contributed by atoms with E-state index in [9.17, 15) is 0 Å². The number of hydrogen-bond acceptors (Lipinski definition) is 2. The van der Waals surface area contributed by atoms with Gasteiger partial charge in [-0.2, -0.15) is 0 Å². The van der Waals surface area contributed by atoms with Crippen molar-refractivity contribution in [3.05, 3.63) is 12.7 Å². The van der Waals surface area contributed by atoms with Gasteiger partial charge < -0.3 is 5.32 Å². The molecule has 0 heterocycles. The second kappa shape index (κ2) is 7.02. The van der Waals surface area contributed by atoms with Crippen LogP contribution in [0.25, 0.3) is 0 Å². The van der Waals surface area contributed by atoms with E-state index >= 15 is 0 Å². The maximum atomic E-state index is 3.80. The van der Waals surface area contributed by atoms with E-state index < -0.39 is 0 Å². The smallest absolute Gasteiger partial charge is 0.0160 e. The molecule has 0 aliphatic heterocycles. The third-order valence-corrected chi connectivity index (χ3v) is 2.23. The van der Waals surface area contributed by atoms with Crippen LogP contribution in [0.4, 0.5) is 0 Å². The lowest BCUT2D eigenvalue weighted by Crippen LogP contribution is -2.40. The molecule has 0 atom stereocenters. The summed E-state index contributed by atoms with van der Waals surface area (Å²) in [5.74, 6) is 0. The zero-order chi connectivity index (χ0) is 11.0. The minimum Gasteiger partial charge on any atom is -0.319 e. The highest BCUT2D eigenvalue weighted by Gasteiger charge is 2.19. The zero-order valence-electron chi connectivity index (χ0n) is 10.3. The maximum absolute atomic E-state index is 3.80. The fourth-order valence-electron chi connectivity index (χ4n) is 1.87. The van der Waals surface area contributed by atoms with E-state index in [1.807, 2.05) is 13.1 Å². The minimum absolute atomic E-state index is 0.340. The predicted molar refractivity (Wildman–Crippen MR) is 64.6 cm³/mol. The number of hydrogen-bond donors (Lipinski definition) is 1. The highest BCUT2D eigenvalue weighted by molar-refractivity contribution is 4.80. The molecule has 0 aromatic carbocycles. The van der Waals surface area contributed by atoms with Gasteiger partial charge >= 0.3 is 0 Å². The summed E-state index contributed by atoms with van der Waals surface area (Å²) in [6.07, 6.45) is 3.20. The average molecular weight is 198 g/mol. The highest BCUT2D eigenvalue weighted by Crippen LogP contribution is 2.15. The molecule has 0 rings (SSSR count). The predicted octanol–water partition coefficient (Wildman–Crippen LogP) is 2.13. The number of rotatable bonds is 8. The Labute approximate surface area is 89.4 Å². The van der Waals surface area contributed by atoms with E-state index in [1.54, 1.807) is 0 Å². The summed E-state index contributed by atoms with van der Waals surface area (Å²) in [4.78, 5) is 2.46. The van der Waals surface area contributed by atoms with Crippen LogP contribution in [0.5, 0.6) is 0 Å². The normalized spacial score (nSPS) is 12.1. The molecule has 84 valence electrons. The van der Waals surface area contributed by atoms with E-state index in [4.69, 9.17) is 0 Å². The average Bonchev–Trinajstić information content (AvgIpc) is 2.03. The summed E-state index contributed by atoms with van der Waals surface area (Å²) < 4.78 is 0. The molecule has 0 aromatic rings. The first-order valence-electron chi connectivity index (χ1n) is 5.53. The molecule has 0 aromatic heterocycles. The van der Waals surface area contributed by atoms with Crippen molar-refractivity contribution in [1.82, 2.24) is 10.2 Å². The van der Waals surface area contributed by atoms with E-state index in [1.165, 1.54) is 13.0 Å². The van der Waals surface area contributed by atoms with Gasteiger partial charge in [-0.1, -0.05) is 26.8 Å². The molecule has 0 saturated heterocycles. The van der Waals surface area contributed by atoms with Crippen LogP contribution in [-0.2, 0) is 0 Å². The summed E-state index contributed by atoms with van der Waals surface area (Å²) in [7, 11) is 2.01. The van der Waals surface area contributed by atoms with Crippen molar-refractivity contribution in [2.24, 2.45) is 5.41 Å². The van der Waals surface area contributed by atoms with Crippen LogP contribution in [0, 0.1) is 5.41 Å². The van der Waals surface area contributed by atoms with Crippen LogP contribution in [0.1, 0.15) is 27.2 Å². The maximum Gasteiger partial charge on any atom is 0.0160 e. The fraction of sp³-hybridized carbons (Fsp3) is 0.833. The Balaban J connectivity index is 4.04. The second-order valence-electron chi connectivity index (χ2n) is 4.72. The Morgan fingerprint density at radius 1 is 1.43 bits per heavy atom. The Morgan fingerprint density at radius 3 is 2.50 bits per heavy atom. The lowest BCUT2D eigenvalue weighted by molar-refractivity contribution is 0.191. The van der Waals surface area contributed by atoms with Crippen molar-refractivity contribution in [2.75, 3.05) is 33.2 Å². The van der Waals surface area contributed by atoms with Crippen molar-refractivity contribution in [1.29, 1.82) is 0 Å². The summed E-state index contributed by atoms with van der Waals surface area (Å²) >= 11 is 0. The molecule has 14 heavy (non-hydrogen) atoms. The molecular formula is C12H26N2. The summed E-state index contributed by atoms with van der Waals surface area (Å²) in [5, 5.41) is 3.25. The van der Waals surface area contributed by atoms with Crippen LogP contribution in [0.2, 0.25) is 0 Å². The fourth-order valence-corrected chi connectivity index (χ4v) is 1.87. The molecule has 0 fully saturated rings. The first kappa shape index (κ1) is 13.7. The van der Waals surface area contributed by atoms with E-state index in [2.05, 4.69) is 37.6 Å². The van der Waals surface area contributed by atoms with Crippen molar-refractivity contribution >= 4 is 0 Å².